The first-order valence-corrected chi connectivity index (χ1v) is 5.16. The van der Waals surface area contributed by atoms with Gasteiger partial charge in [0, 0.05) is 12.1 Å². The Morgan fingerprint density at radius 2 is 2.06 bits per heavy atom. The average molecular weight is 222 g/mol. The van der Waals surface area contributed by atoms with E-state index >= 15 is 0 Å². The van der Waals surface area contributed by atoms with Crippen molar-refractivity contribution in [2.75, 3.05) is 7.11 Å². The van der Waals surface area contributed by atoms with Gasteiger partial charge in [-0.25, -0.2) is 0 Å². The number of phenols is 1. The largest absolute Gasteiger partial charge is 0.507 e. The molecule has 2 unspecified atom stereocenters. The third-order valence-corrected chi connectivity index (χ3v) is 2.97. The highest BCUT2D eigenvalue weighted by Gasteiger charge is 2.33. The van der Waals surface area contributed by atoms with Gasteiger partial charge >= 0.3 is 0 Å². The van der Waals surface area contributed by atoms with E-state index < -0.39 is 0 Å². The molecule has 1 aliphatic rings. The predicted molar refractivity (Wildman–Crippen MR) is 58.2 cm³/mol. The number of hydrogen-bond donors (Lipinski definition) is 1. The molecule has 1 aromatic carbocycles. The molecule has 1 N–H and O–H groups in total. The van der Waals surface area contributed by atoms with E-state index in [-0.39, 0.29) is 29.1 Å². The first-order chi connectivity index (χ1) is 7.54. The monoisotopic (exact) mass is 222 g/mol. The van der Waals surface area contributed by atoms with Crippen molar-refractivity contribution in [3.63, 3.8) is 0 Å². The zero-order valence-corrected chi connectivity index (χ0v) is 9.48. The van der Waals surface area contributed by atoms with Crippen LogP contribution in [-0.2, 0) is 0 Å². The average Bonchev–Trinajstić information content (AvgIpc) is 2.25. The number of fused-ring (bicyclic) bond motifs is 1. The van der Waals surface area contributed by atoms with Crippen LogP contribution in [-0.4, -0.2) is 24.1 Å². The summed E-state index contributed by atoms with van der Waals surface area (Å²) < 4.78 is 10.6. The summed E-state index contributed by atoms with van der Waals surface area (Å²) in [6, 6.07) is 3.04. The first kappa shape index (κ1) is 10.8. The van der Waals surface area contributed by atoms with Crippen molar-refractivity contribution in [1.82, 2.24) is 0 Å². The van der Waals surface area contributed by atoms with Crippen LogP contribution in [0.25, 0.3) is 0 Å². The molecule has 86 valence electrons. The quantitative estimate of drug-likeness (QED) is 0.789. The van der Waals surface area contributed by atoms with Gasteiger partial charge in [-0.1, -0.05) is 6.92 Å². The maximum absolute atomic E-state index is 12.0. The summed E-state index contributed by atoms with van der Waals surface area (Å²) in [5.41, 5.74) is 0.256. The Bertz CT molecular complexity index is 439. The van der Waals surface area contributed by atoms with Crippen LogP contribution in [0.5, 0.6) is 17.2 Å². The fourth-order valence-corrected chi connectivity index (χ4v) is 1.78. The number of benzene rings is 1. The highest BCUT2D eigenvalue weighted by molar-refractivity contribution is 6.04. The van der Waals surface area contributed by atoms with Crippen LogP contribution in [0, 0.1) is 5.92 Å². The Morgan fingerprint density at radius 3 is 2.69 bits per heavy atom. The summed E-state index contributed by atoms with van der Waals surface area (Å²) >= 11 is 0. The van der Waals surface area contributed by atoms with Crippen molar-refractivity contribution in [3.05, 3.63) is 17.7 Å². The van der Waals surface area contributed by atoms with Crippen LogP contribution in [0.1, 0.15) is 24.2 Å². The lowest BCUT2D eigenvalue weighted by molar-refractivity contribution is 0.0724. The van der Waals surface area contributed by atoms with Crippen molar-refractivity contribution < 1.29 is 19.4 Å². The third-order valence-electron chi connectivity index (χ3n) is 2.97. The highest BCUT2D eigenvalue weighted by Crippen LogP contribution is 2.39. The number of phenolic OH excluding ortho intramolecular Hbond substituents is 1. The van der Waals surface area contributed by atoms with Crippen LogP contribution in [0.3, 0.4) is 0 Å². The minimum absolute atomic E-state index is 0.0851. The van der Waals surface area contributed by atoms with E-state index in [1.54, 1.807) is 13.0 Å². The lowest BCUT2D eigenvalue weighted by Crippen LogP contribution is -2.33. The molecule has 0 aliphatic carbocycles. The number of Topliss-reactive ketones (excluding diaryl/α,β-unsaturated/α-hetero) is 1. The van der Waals surface area contributed by atoms with E-state index in [0.717, 1.165) is 0 Å². The molecule has 0 saturated heterocycles. The molecule has 2 atom stereocenters. The second-order valence-electron chi connectivity index (χ2n) is 4.00. The van der Waals surface area contributed by atoms with E-state index in [9.17, 15) is 9.90 Å². The Labute approximate surface area is 93.8 Å². The normalized spacial score (nSPS) is 23.6. The summed E-state index contributed by atoms with van der Waals surface area (Å²) in [5, 5.41) is 9.76. The fraction of sp³-hybridized carbons (Fsp3) is 0.417. The number of carbonyl (C=O) groups is 1. The summed E-state index contributed by atoms with van der Waals surface area (Å²) in [5.74, 6) is 0.456. The van der Waals surface area contributed by atoms with E-state index in [1.807, 2.05) is 6.92 Å². The van der Waals surface area contributed by atoms with E-state index in [4.69, 9.17) is 9.47 Å². The number of rotatable bonds is 1. The van der Waals surface area contributed by atoms with E-state index in [2.05, 4.69) is 0 Å². The molecular weight excluding hydrogens is 208 g/mol. The number of methoxy groups -OCH3 is 1. The molecule has 16 heavy (non-hydrogen) atoms. The molecular formula is C12H14O4. The van der Waals surface area contributed by atoms with Gasteiger partial charge in [0.2, 0.25) is 0 Å². The molecule has 0 amide bonds. The van der Waals surface area contributed by atoms with E-state index in [0.29, 0.717) is 11.5 Å². The zero-order chi connectivity index (χ0) is 11.9. The van der Waals surface area contributed by atoms with Gasteiger partial charge in [-0.15, -0.1) is 0 Å². The molecule has 0 saturated carbocycles. The minimum atomic E-state index is -0.244. The van der Waals surface area contributed by atoms with Crippen molar-refractivity contribution in [2.45, 2.75) is 20.0 Å². The Morgan fingerprint density at radius 1 is 1.38 bits per heavy atom. The van der Waals surface area contributed by atoms with Gasteiger partial charge in [-0.05, 0) is 6.92 Å². The molecule has 4 heteroatoms. The standard InChI is InChI=1S/C12H14O4/c1-6-7(2)16-10-5-8(15-3)4-9(13)11(10)12(6)14/h4-7,13H,1-3H3. The van der Waals surface area contributed by atoms with Crippen LogP contribution < -0.4 is 9.47 Å². The molecule has 0 radical (unpaired) electrons. The topological polar surface area (TPSA) is 55.8 Å². The van der Waals surface area contributed by atoms with Gasteiger partial charge in [0.15, 0.2) is 5.78 Å². The van der Waals surface area contributed by atoms with Crippen molar-refractivity contribution in [2.24, 2.45) is 5.92 Å². The predicted octanol–water partition coefficient (Wildman–Crippen LogP) is 2.00. The second kappa shape index (κ2) is 3.70. The molecule has 0 fully saturated rings. The third kappa shape index (κ3) is 1.50. The Kier molecular flexibility index (Phi) is 2.50. The number of aromatic hydroxyl groups is 1. The number of carbonyl (C=O) groups excluding carboxylic acids is 1. The van der Waals surface area contributed by atoms with Crippen molar-refractivity contribution >= 4 is 5.78 Å². The fourth-order valence-electron chi connectivity index (χ4n) is 1.78. The SMILES string of the molecule is COc1cc(O)c2c(c1)OC(C)C(C)C2=O. The highest BCUT2D eigenvalue weighted by atomic mass is 16.5. The minimum Gasteiger partial charge on any atom is -0.507 e. The maximum Gasteiger partial charge on any atom is 0.176 e. The van der Waals surface area contributed by atoms with Gasteiger partial charge in [-0.3, -0.25) is 4.79 Å². The van der Waals surface area contributed by atoms with Gasteiger partial charge in [0.25, 0.3) is 0 Å². The van der Waals surface area contributed by atoms with Gasteiger partial charge < -0.3 is 14.6 Å². The summed E-state index contributed by atoms with van der Waals surface area (Å²) in [6.07, 6.45) is -0.188. The Hall–Kier alpha value is -1.71. The lowest BCUT2D eigenvalue weighted by atomic mass is 9.91. The Balaban J connectivity index is 2.56. The smallest absolute Gasteiger partial charge is 0.176 e. The number of ether oxygens (including phenoxy) is 2. The molecule has 1 aliphatic heterocycles. The molecule has 0 bridgehead atoms. The molecule has 0 aromatic heterocycles. The lowest BCUT2D eigenvalue weighted by Gasteiger charge is -2.28. The van der Waals surface area contributed by atoms with Gasteiger partial charge in [0.1, 0.15) is 28.9 Å². The van der Waals surface area contributed by atoms with Crippen LogP contribution in [0.15, 0.2) is 12.1 Å². The number of ketones is 1. The maximum atomic E-state index is 12.0. The molecule has 2 rings (SSSR count). The zero-order valence-electron chi connectivity index (χ0n) is 9.48. The van der Waals surface area contributed by atoms with E-state index in [1.165, 1.54) is 13.2 Å². The number of hydrogen-bond acceptors (Lipinski definition) is 4. The van der Waals surface area contributed by atoms with Crippen molar-refractivity contribution in [3.8, 4) is 17.2 Å². The van der Waals surface area contributed by atoms with Gasteiger partial charge in [0.05, 0.1) is 13.0 Å². The molecule has 1 aromatic rings. The molecule has 1 heterocycles. The second-order valence-corrected chi connectivity index (χ2v) is 4.00. The van der Waals surface area contributed by atoms with Gasteiger partial charge in [-0.2, -0.15) is 0 Å². The summed E-state index contributed by atoms with van der Waals surface area (Å²) in [6.45, 7) is 3.63. The first-order valence-electron chi connectivity index (χ1n) is 5.16. The molecule has 0 spiro atoms. The van der Waals surface area contributed by atoms with Crippen LogP contribution in [0.4, 0.5) is 0 Å². The summed E-state index contributed by atoms with van der Waals surface area (Å²) in [7, 11) is 1.50. The summed E-state index contributed by atoms with van der Waals surface area (Å²) in [4.78, 5) is 12.0. The van der Waals surface area contributed by atoms with Crippen LogP contribution >= 0.6 is 0 Å². The van der Waals surface area contributed by atoms with Crippen molar-refractivity contribution in [1.29, 1.82) is 0 Å². The molecule has 4 nitrogen and oxygen atoms in total. The van der Waals surface area contributed by atoms with Crippen LogP contribution in [0.2, 0.25) is 0 Å².